The Labute approximate surface area is 169 Å². The number of ether oxygens (including phenoxy) is 1. The minimum absolute atomic E-state index is 0.0766. The van der Waals surface area contributed by atoms with Gasteiger partial charge in [-0.25, -0.2) is 23.3 Å². The lowest BCUT2D eigenvalue weighted by atomic mass is 10.1. The van der Waals surface area contributed by atoms with Gasteiger partial charge in [-0.2, -0.15) is 4.98 Å². The maximum atomic E-state index is 11.6. The van der Waals surface area contributed by atoms with Crippen molar-refractivity contribution in [3.8, 4) is 5.88 Å². The number of methoxy groups -OCH3 is 1. The Kier molecular flexibility index (Phi) is 7.08. The second kappa shape index (κ2) is 9.30. The highest BCUT2D eigenvalue weighted by atomic mass is 32.2. The van der Waals surface area contributed by atoms with E-state index in [0.717, 1.165) is 5.56 Å². The number of nitrogens with two attached hydrogens (primary N) is 1. The van der Waals surface area contributed by atoms with E-state index in [4.69, 9.17) is 9.88 Å². The topological polar surface area (TPSA) is 144 Å². The van der Waals surface area contributed by atoms with Crippen molar-refractivity contribution in [2.75, 3.05) is 7.11 Å². The summed E-state index contributed by atoms with van der Waals surface area (Å²) in [5.41, 5.74) is 2.25. The molecule has 9 nitrogen and oxygen atoms in total. The van der Waals surface area contributed by atoms with E-state index < -0.39 is 16.0 Å². The maximum Gasteiger partial charge on any atom is 0.333 e. The van der Waals surface area contributed by atoms with Crippen molar-refractivity contribution < 1.29 is 23.1 Å². The van der Waals surface area contributed by atoms with Gasteiger partial charge in [0.2, 0.25) is 15.9 Å². The molecule has 0 amide bonds. The monoisotopic (exact) mass is 418 g/mol. The largest absolute Gasteiger partial charge is 0.481 e. The summed E-state index contributed by atoms with van der Waals surface area (Å²) in [5.74, 6) is -0.790. The van der Waals surface area contributed by atoms with E-state index in [1.165, 1.54) is 14.0 Å². The molecular formula is C19H22N4O5S. The van der Waals surface area contributed by atoms with Gasteiger partial charge < -0.3 is 15.2 Å². The normalized spacial score (nSPS) is 12.1. The molecule has 0 saturated heterocycles. The number of benzene rings is 1. The van der Waals surface area contributed by atoms with Crippen molar-refractivity contribution in [3.05, 3.63) is 58.7 Å². The molecule has 0 spiro atoms. The Morgan fingerprint density at radius 2 is 1.86 bits per heavy atom. The Balaban J connectivity index is 2.31. The molecule has 0 unspecified atom stereocenters. The molecule has 2 rings (SSSR count). The van der Waals surface area contributed by atoms with E-state index in [-0.39, 0.29) is 23.7 Å². The number of primary sulfonamides is 1. The van der Waals surface area contributed by atoms with E-state index in [0.29, 0.717) is 22.7 Å². The lowest BCUT2D eigenvalue weighted by Crippen LogP contribution is -2.17. The van der Waals surface area contributed by atoms with Gasteiger partial charge in [0.15, 0.2) is 5.82 Å². The molecule has 0 fully saturated rings. The first-order chi connectivity index (χ1) is 13.6. The number of nitrogens with zero attached hydrogens (tertiary/aromatic N) is 2. The highest BCUT2D eigenvalue weighted by molar-refractivity contribution is 7.88. The summed E-state index contributed by atoms with van der Waals surface area (Å²) < 4.78 is 27.4. The molecule has 1 aromatic carbocycles. The summed E-state index contributed by atoms with van der Waals surface area (Å²) in [6, 6.07) is 10.0. The van der Waals surface area contributed by atoms with Crippen LogP contribution in [0.15, 0.2) is 47.0 Å². The molecule has 10 heteroatoms. The van der Waals surface area contributed by atoms with Crippen LogP contribution in [-0.4, -0.2) is 38.3 Å². The highest BCUT2D eigenvalue weighted by Crippen LogP contribution is 2.28. The number of aliphatic carboxylic acids is 1. The zero-order valence-corrected chi connectivity index (χ0v) is 16.9. The number of aliphatic imine (C=N–C) groups is 1. The molecule has 1 aromatic heterocycles. The SMILES string of the molecule is C=Nc1nc(OC)ccc1/C(NCc1ccc(CS(N)(=O)=O)cc1)=C(\C)C(=O)O. The van der Waals surface area contributed by atoms with Gasteiger partial charge in [0.1, 0.15) is 0 Å². The number of pyridine rings is 1. The molecule has 1 heterocycles. The molecule has 0 aliphatic carbocycles. The first-order valence-electron chi connectivity index (χ1n) is 8.43. The van der Waals surface area contributed by atoms with Gasteiger partial charge in [0.05, 0.1) is 24.1 Å². The van der Waals surface area contributed by atoms with Crippen molar-refractivity contribution in [2.45, 2.75) is 19.2 Å². The molecular weight excluding hydrogens is 396 g/mol. The van der Waals surface area contributed by atoms with Crippen LogP contribution in [0, 0.1) is 0 Å². The fourth-order valence-electron chi connectivity index (χ4n) is 2.57. The molecule has 0 aliphatic heterocycles. The highest BCUT2D eigenvalue weighted by Gasteiger charge is 2.16. The van der Waals surface area contributed by atoms with Crippen LogP contribution in [0.2, 0.25) is 0 Å². The van der Waals surface area contributed by atoms with E-state index in [1.54, 1.807) is 36.4 Å². The number of nitrogens with one attached hydrogen (secondary N) is 1. The fraction of sp³-hybridized carbons (Fsp3) is 0.211. The van der Waals surface area contributed by atoms with Gasteiger partial charge in [-0.1, -0.05) is 24.3 Å². The number of sulfonamides is 1. The number of carboxylic acid groups (broad SMARTS) is 1. The number of hydrogen-bond acceptors (Lipinski definition) is 7. The number of aromatic nitrogens is 1. The van der Waals surface area contributed by atoms with Crippen LogP contribution in [0.4, 0.5) is 5.82 Å². The van der Waals surface area contributed by atoms with E-state index >= 15 is 0 Å². The Morgan fingerprint density at radius 3 is 2.38 bits per heavy atom. The van der Waals surface area contributed by atoms with Crippen molar-refractivity contribution in [1.82, 2.24) is 10.3 Å². The van der Waals surface area contributed by atoms with Crippen molar-refractivity contribution >= 4 is 34.2 Å². The van der Waals surface area contributed by atoms with E-state index in [2.05, 4.69) is 22.0 Å². The summed E-state index contributed by atoms with van der Waals surface area (Å²) in [4.78, 5) is 19.6. The summed E-state index contributed by atoms with van der Waals surface area (Å²) in [7, 11) is -2.14. The first-order valence-corrected chi connectivity index (χ1v) is 10.1. The van der Waals surface area contributed by atoms with E-state index in [1.807, 2.05) is 0 Å². The zero-order chi connectivity index (χ0) is 21.6. The molecule has 29 heavy (non-hydrogen) atoms. The van der Waals surface area contributed by atoms with Crippen LogP contribution in [0.5, 0.6) is 5.88 Å². The molecule has 0 atom stereocenters. The number of carboxylic acids is 1. The quantitative estimate of drug-likeness (QED) is 0.416. The molecule has 0 radical (unpaired) electrons. The Hall–Kier alpha value is -3.24. The second-order valence-electron chi connectivity index (χ2n) is 6.17. The second-order valence-corrected chi connectivity index (χ2v) is 7.78. The van der Waals surface area contributed by atoms with Crippen molar-refractivity contribution in [2.24, 2.45) is 10.1 Å². The summed E-state index contributed by atoms with van der Waals surface area (Å²) in [5, 5.41) is 17.6. The molecule has 0 saturated carbocycles. The molecule has 154 valence electrons. The predicted molar refractivity (Wildman–Crippen MR) is 110 cm³/mol. The van der Waals surface area contributed by atoms with Crippen LogP contribution in [-0.2, 0) is 27.1 Å². The number of carbonyl (C=O) groups is 1. The maximum absolute atomic E-state index is 11.6. The number of hydrogen-bond donors (Lipinski definition) is 3. The van der Waals surface area contributed by atoms with Gasteiger partial charge in [-0.05, 0) is 30.8 Å². The lowest BCUT2D eigenvalue weighted by molar-refractivity contribution is -0.132. The smallest absolute Gasteiger partial charge is 0.333 e. The van der Waals surface area contributed by atoms with Crippen molar-refractivity contribution in [1.29, 1.82) is 0 Å². The summed E-state index contributed by atoms with van der Waals surface area (Å²) in [6.45, 7) is 5.24. The standard InChI is InChI=1S/C19H22N4O5S/c1-12(19(24)25)17(15-8-9-16(28-3)23-18(15)21-2)22-10-13-4-6-14(7-5-13)11-29(20,26)27/h4-9,22H,2,10-11H2,1,3H3,(H,24,25)(H2,20,26,27)/b17-12-. The van der Waals surface area contributed by atoms with Gasteiger partial charge in [0.25, 0.3) is 0 Å². The van der Waals surface area contributed by atoms with E-state index in [9.17, 15) is 18.3 Å². The first kappa shape index (κ1) is 22.1. The fourth-order valence-corrected chi connectivity index (χ4v) is 3.23. The minimum Gasteiger partial charge on any atom is -0.481 e. The average molecular weight is 418 g/mol. The number of rotatable bonds is 9. The Bertz CT molecular complexity index is 1050. The third-order valence-corrected chi connectivity index (χ3v) is 4.77. The lowest BCUT2D eigenvalue weighted by Gasteiger charge is -2.16. The van der Waals surface area contributed by atoms with Crippen LogP contribution in [0.1, 0.15) is 23.6 Å². The van der Waals surface area contributed by atoms with Gasteiger partial charge in [-0.15, -0.1) is 0 Å². The van der Waals surface area contributed by atoms with Crippen LogP contribution in [0.25, 0.3) is 5.70 Å². The van der Waals surface area contributed by atoms with Gasteiger partial charge in [0, 0.05) is 18.2 Å². The molecule has 2 aromatic rings. The third-order valence-electron chi connectivity index (χ3n) is 4.03. The van der Waals surface area contributed by atoms with Crippen molar-refractivity contribution in [3.63, 3.8) is 0 Å². The summed E-state index contributed by atoms with van der Waals surface area (Å²) >= 11 is 0. The molecule has 0 bridgehead atoms. The molecule has 0 aliphatic rings. The van der Waals surface area contributed by atoms with Crippen LogP contribution in [0.3, 0.4) is 0 Å². The summed E-state index contributed by atoms with van der Waals surface area (Å²) in [6.07, 6.45) is 0. The van der Waals surface area contributed by atoms with Crippen LogP contribution >= 0.6 is 0 Å². The van der Waals surface area contributed by atoms with Gasteiger partial charge >= 0.3 is 5.97 Å². The van der Waals surface area contributed by atoms with Crippen LogP contribution < -0.4 is 15.2 Å². The predicted octanol–water partition coefficient (Wildman–Crippen LogP) is 1.82. The average Bonchev–Trinajstić information content (AvgIpc) is 2.68. The third kappa shape index (κ3) is 6.13. The zero-order valence-electron chi connectivity index (χ0n) is 16.0. The van der Waals surface area contributed by atoms with Gasteiger partial charge in [-0.3, -0.25) is 0 Å². The molecule has 4 N–H and O–H groups in total. The Morgan fingerprint density at radius 1 is 1.24 bits per heavy atom. The minimum atomic E-state index is -3.61.